The molecule has 1 heterocycles. The molecule has 4 rings (SSSR count). The molecule has 0 aliphatic rings. The molecule has 0 aliphatic carbocycles. The van der Waals surface area contributed by atoms with Crippen LogP contribution >= 0.6 is 11.6 Å². The molecule has 38 heavy (non-hydrogen) atoms. The van der Waals surface area contributed by atoms with Crippen molar-refractivity contribution in [2.45, 2.75) is 12.5 Å². The number of anilines is 2. The van der Waals surface area contributed by atoms with Crippen LogP contribution in [0.2, 0.25) is 5.02 Å². The Kier molecular flexibility index (Phi) is 9.03. The summed E-state index contributed by atoms with van der Waals surface area (Å²) in [6.07, 6.45) is 4.71. The highest BCUT2D eigenvalue weighted by atomic mass is 35.5. The molecular weight excluding hydrogens is 506 g/mol. The Morgan fingerprint density at radius 3 is 2.53 bits per heavy atom. The maximum absolute atomic E-state index is 12.9. The predicted octanol–water partition coefficient (Wildman–Crippen LogP) is 4.35. The molecule has 1 aromatic heterocycles. The normalized spacial score (nSPS) is 11.6. The second kappa shape index (κ2) is 13.0. The van der Waals surface area contributed by atoms with Crippen molar-refractivity contribution in [1.82, 2.24) is 25.5 Å². The average Bonchev–Trinajstić information content (AvgIpc) is 3.47. The minimum atomic E-state index is -0.535. The van der Waals surface area contributed by atoms with Crippen molar-refractivity contribution in [2.24, 2.45) is 0 Å². The fraction of sp³-hybridized carbons (Fsp3) is 0.148. The zero-order chi connectivity index (χ0) is 26.7. The first-order valence-corrected chi connectivity index (χ1v) is 12.1. The number of ether oxygens (including phenoxy) is 1. The number of aromatic nitrogens is 4. The van der Waals surface area contributed by atoms with Gasteiger partial charge in [0.15, 0.2) is 0 Å². The van der Waals surface area contributed by atoms with Crippen LogP contribution in [0.4, 0.5) is 16.2 Å². The lowest BCUT2D eigenvalue weighted by molar-refractivity contribution is -0.117. The number of methoxy groups -OCH3 is 1. The van der Waals surface area contributed by atoms with E-state index in [1.165, 1.54) is 24.2 Å². The van der Waals surface area contributed by atoms with Gasteiger partial charge in [0.25, 0.3) is 0 Å². The molecule has 0 saturated carbocycles. The van der Waals surface area contributed by atoms with Crippen molar-refractivity contribution in [2.75, 3.05) is 24.3 Å². The maximum atomic E-state index is 12.9. The average molecular weight is 532 g/mol. The molecule has 0 radical (unpaired) electrons. The maximum Gasteiger partial charge on any atom is 0.411 e. The van der Waals surface area contributed by atoms with E-state index in [1.807, 2.05) is 42.5 Å². The Morgan fingerprint density at radius 2 is 1.82 bits per heavy atom. The van der Waals surface area contributed by atoms with E-state index < -0.39 is 6.09 Å². The summed E-state index contributed by atoms with van der Waals surface area (Å²) in [6, 6.07) is 22.2. The van der Waals surface area contributed by atoms with Crippen molar-refractivity contribution in [3.05, 3.63) is 101 Å². The Morgan fingerprint density at radius 1 is 1.05 bits per heavy atom. The van der Waals surface area contributed by atoms with E-state index >= 15 is 0 Å². The number of hydrogen-bond acceptors (Lipinski definition) is 7. The van der Waals surface area contributed by atoms with Crippen molar-refractivity contribution in [3.63, 3.8) is 0 Å². The van der Waals surface area contributed by atoms with E-state index in [2.05, 4.69) is 36.2 Å². The number of rotatable bonds is 10. The third kappa shape index (κ3) is 7.65. The molecule has 0 aliphatic heterocycles. The zero-order valence-electron chi connectivity index (χ0n) is 20.5. The smallest absolute Gasteiger partial charge is 0.411 e. The highest BCUT2D eigenvalue weighted by Crippen LogP contribution is 2.20. The van der Waals surface area contributed by atoms with E-state index in [1.54, 1.807) is 36.4 Å². The Balaban J connectivity index is 1.44. The lowest BCUT2D eigenvalue weighted by atomic mass is 10.1. The van der Waals surface area contributed by atoms with Gasteiger partial charge in [0, 0.05) is 34.6 Å². The minimum Gasteiger partial charge on any atom is -0.453 e. The van der Waals surface area contributed by atoms with Gasteiger partial charge in [0.2, 0.25) is 5.91 Å². The van der Waals surface area contributed by atoms with Crippen LogP contribution in [-0.4, -0.2) is 51.9 Å². The van der Waals surface area contributed by atoms with Crippen LogP contribution in [0, 0.1) is 0 Å². The van der Waals surface area contributed by atoms with Crippen LogP contribution in [-0.2, 0) is 16.0 Å². The van der Waals surface area contributed by atoms with Crippen molar-refractivity contribution in [3.8, 4) is 5.69 Å². The molecule has 3 N–H and O–H groups in total. The van der Waals surface area contributed by atoms with Crippen LogP contribution < -0.4 is 16.0 Å². The number of halogens is 1. The number of amides is 2. The van der Waals surface area contributed by atoms with Gasteiger partial charge in [-0.15, -0.1) is 5.10 Å². The molecule has 0 unspecified atom stereocenters. The molecule has 0 fully saturated rings. The Hall–Kier alpha value is -4.70. The second-order valence-corrected chi connectivity index (χ2v) is 8.70. The number of hydrogen-bond donors (Lipinski definition) is 3. The second-order valence-electron chi connectivity index (χ2n) is 8.26. The van der Waals surface area contributed by atoms with Crippen molar-refractivity contribution < 1.29 is 14.3 Å². The van der Waals surface area contributed by atoms with Gasteiger partial charge in [-0.1, -0.05) is 41.9 Å². The van der Waals surface area contributed by atoms with E-state index in [-0.39, 0.29) is 11.9 Å². The molecule has 0 spiro atoms. The molecular formula is C27H26ClN7O3. The number of carbonyl (C=O) groups excluding carboxylic acids is 2. The quantitative estimate of drug-likeness (QED) is 0.260. The molecule has 0 bridgehead atoms. The monoisotopic (exact) mass is 531 g/mol. The first kappa shape index (κ1) is 26.4. The highest BCUT2D eigenvalue weighted by molar-refractivity contribution is 6.30. The number of nitrogens with zero attached hydrogens (tertiary/aromatic N) is 4. The number of nitrogens with one attached hydrogen (secondary N) is 3. The van der Waals surface area contributed by atoms with Gasteiger partial charge in [-0.3, -0.25) is 10.1 Å². The van der Waals surface area contributed by atoms with Gasteiger partial charge in [-0.2, -0.15) is 4.68 Å². The lowest BCUT2D eigenvalue weighted by Gasteiger charge is -2.20. The van der Waals surface area contributed by atoms with Gasteiger partial charge in [0.1, 0.15) is 6.33 Å². The molecule has 0 saturated heterocycles. The molecule has 2 amide bonds. The Bertz CT molecular complexity index is 1380. The fourth-order valence-corrected chi connectivity index (χ4v) is 3.89. The number of tetrazole rings is 1. The highest BCUT2D eigenvalue weighted by Gasteiger charge is 2.13. The summed E-state index contributed by atoms with van der Waals surface area (Å²) in [5.41, 5.74) is 3.93. The summed E-state index contributed by atoms with van der Waals surface area (Å²) in [5, 5.41) is 20.8. The summed E-state index contributed by atoms with van der Waals surface area (Å²) >= 11 is 6.18. The van der Waals surface area contributed by atoms with Crippen LogP contribution in [0.15, 0.2) is 85.2 Å². The summed E-state index contributed by atoms with van der Waals surface area (Å²) < 4.78 is 6.11. The standard InChI is InChI=1S/C27H26ClN7O3/c1-38-27(37)32-23-11-9-22(10-12-23)29-17-24(15-19-5-3-2-4-6-19)31-26(36)14-7-20-16-21(28)8-13-25(20)35-18-30-33-34-35/h2-14,16,18,24,29H,15,17H2,1H3,(H,31,36)(H,32,37)/b14-7+/t24-/m1/s1. The van der Waals surface area contributed by atoms with Crippen LogP contribution in [0.1, 0.15) is 11.1 Å². The molecule has 1 atom stereocenters. The number of benzene rings is 3. The van der Waals surface area contributed by atoms with Gasteiger partial charge in [-0.25, -0.2) is 4.79 Å². The van der Waals surface area contributed by atoms with E-state index in [0.717, 1.165) is 11.3 Å². The first-order valence-electron chi connectivity index (χ1n) is 11.7. The topological polar surface area (TPSA) is 123 Å². The van der Waals surface area contributed by atoms with E-state index in [0.29, 0.717) is 34.9 Å². The third-order valence-electron chi connectivity index (χ3n) is 5.54. The molecule has 3 aromatic carbocycles. The van der Waals surface area contributed by atoms with Crippen LogP contribution in [0.25, 0.3) is 11.8 Å². The molecule has 11 heteroatoms. The Labute approximate surface area is 224 Å². The summed E-state index contributed by atoms with van der Waals surface area (Å²) in [5.74, 6) is -0.256. The summed E-state index contributed by atoms with van der Waals surface area (Å²) in [6.45, 7) is 0.477. The van der Waals surface area contributed by atoms with Crippen LogP contribution in [0.5, 0.6) is 0 Å². The summed E-state index contributed by atoms with van der Waals surface area (Å²) in [4.78, 5) is 24.3. The third-order valence-corrected chi connectivity index (χ3v) is 5.78. The van der Waals surface area contributed by atoms with Crippen LogP contribution in [0.3, 0.4) is 0 Å². The minimum absolute atomic E-state index is 0.208. The SMILES string of the molecule is COC(=O)Nc1ccc(NC[C@@H](Cc2ccccc2)NC(=O)/C=C/c2cc(Cl)ccc2-n2cnnn2)cc1. The van der Waals surface area contributed by atoms with Gasteiger partial charge in [-0.05, 0) is 71.0 Å². The van der Waals surface area contributed by atoms with E-state index in [4.69, 9.17) is 11.6 Å². The lowest BCUT2D eigenvalue weighted by Crippen LogP contribution is -2.40. The van der Waals surface area contributed by atoms with Gasteiger partial charge in [0.05, 0.1) is 18.8 Å². The van der Waals surface area contributed by atoms with E-state index in [9.17, 15) is 9.59 Å². The van der Waals surface area contributed by atoms with Crippen molar-refractivity contribution >= 4 is 41.1 Å². The summed E-state index contributed by atoms with van der Waals surface area (Å²) in [7, 11) is 1.31. The predicted molar refractivity (Wildman–Crippen MR) is 146 cm³/mol. The largest absolute Gasteiger partial charge is 0.453 e. The van der Waals surface area contributed by atoms with Crippen molar-refractivity contribution in [1.29, 1.82) is 0 Å². The molecule has 10 nitrogen and oxygen atoms in total. The fourth-order valence-electron chi connectivity index (χ4n) is 3.71. The molecule has 4 aromatic rings. The van der Waals surface area contributed by atoms with Gasteiger partial charge >= 0.3 is 6.09 Å². The first-order chi connectivity index (χ1) is 18.5. The number of carbonyl (C=O) groups is 2. The molecule has 194 valence electrons. The zero-order valence-corrected chi connectivity index (χ0v) is 21.3. The van der Waals surface area contributed by atoms with Gasteiger partial charge < -0.3 is 15.4 Å².